The van der Waals surface area contributed by atoms with Gasteiger partial charge in [-0.15, -0.1) is 0 Å². The fourth-order valence-electron chi connectivity index (χ4n) is 2.68. The molecular formula is C22H28N2O2. The number of hydrogen-bond acceptors (Lipinski definition) is 2. The first-order chi connectivity index (χ1) is 12.1. The van der Waals surface area contributed by atoms with Gasteiger partial charge in [0.2, 0.25) is 11.8 Å². The normalized spacial score (nSPS) is 11.3. The van der Waals surface area contributed by atoms with Gasteiger partial charge in [0.05, 0.1) is 0 Å². The van der Waals surface area contributed by atoms with Crippen molar-refractivity contribution < 1.29 is 9.59 Å². The maximum atomic E-state index is 12.7. The second-order valence-corrected chi connectivity index (χ2v) is 7.69. The zero-order chi connectivity index (χ0) is 19.5. The van der Waals surface area contributed by atoms with E-state index in [2.05, 4.69) is 24.5 Å². The summed E-state index contributed by atoms with van der Waals surface area (Å²) in [6.07, 6.45) is 0. The third kappa shape index (κ3) is 4.72. The lowest BCUT2D eigenvalue weighted by atomic mass is 9.90. The minimum atomic E-state index is -1.20. The van der Waals surface area contributed by atoms with Crippen LogP contribution in [0.2, 0.25) is 0 Å². The maximum absolute atomic E-state index is 12.7. The summed E-state index contributed by atoms with van der Waals surface area (Å²) in [5.74, 6) is -0.241. The van der Waals surface area contributed by atoms with Gasteiger partial charge in [0, 0.05) is 11.4 Å². The van der Waals surface area contributed by atoms with Crippen molar-refractivity contribution in [1.82, 2.24) is 0 Å². The summed E-state index contributed by atoms with van der Waals surface area (Å²) >= 11 is 0. The van der Waals surface area contributed by atoms with Crippen molar-refractivity contribution in [2.45, 2.75) is 47.5 Å². The Balaban J connectivity index is 2.09. The highest BCUT2D eigenvalue weighted by molar-refractivity contribution is 6.14. The quantitative estimate of drug-likeness (QED) is 0.742. The van der Waals surface area contributed by atoms with Crippen LogP contribution in [0.4, 0.5) is 11.4 Å². The van der Waals surface area contributed by atoms with E-state index in [1.165, 1.54) is 5.56 Å². The molecule has 138 valence electrons. The monoisotopic (exact) mass is 352 g/mol. The molecule has 4 nitrogen and oxygen atoms in total. The van der Waals surface area contributed by atoms with Gasteiger partial charge in [0.25, 0.3) is 0 Å². The van der Waals surface area contributed by atoms with Crippen molar-refractivity contribution in [3.05, 3.63) is 59.2 Å². The molecule has 0 spiro atoms. The van der Waals surface area contributed by atoms with Crippen LogP contribution in [0.25, 0.3) is 0 Å². The summed E-state index contributed by atoms with van der Waals surface area (Å²) in [6.45, 7) is 11.4. The van der Waals surface area contributed by atoms with E-state index >= 15 is 0 Å². The average Bonchev–Trinajstić information content (AvgIpc) is 2.54. The second-order valence-electron chi connectivity index (χ2n) is 7.69. The smallest absolute Gasteiger partial charge is 0.239 e. The molecule has 0 radical (unpaired) electrons. The Labute approximate surface area is 156 Å². The van der Waals surface area contributed by atoms with Gasteiger partial charge in [0.15, 0.2) is 0 Å². The fraction of sp³-hybridized carbons (Fsp3) is 0.364. The molecule has 0 aliphatic rings. The van der Waals surface area contributed by atoms with E-state index in [9.17, 15) is 9.59 Å². The van der Waals surface area contributed by atoms with E-state index in [0.29, 0.717) is 17.3 Å². The zero-order valence-corrected chi connectivity index (χ0v) is 16.4. The molecule has 0 aromatic heterocycles. The molecule has 26 heavy (non-hydrogen) atoms. The molecule has 0 bridgehead atoms. The zero-order valence-electron chi connectivity index (χ0n) is 16.4. The van der Waals surface area contributed by atoms with E-state index in [1.54, 1.807) is 13.8 Å². The summed E-state index contributed by atoms with van der Waals surface area (Å²) in [5, 5.41) is 5.69. The van der Waals surface area contributed by atoms with Gasteiger partial charge < -0.3 is 10.6 Å². The number of benzene rings is 2. The van der Waals surface area contributed by atoms with Gasteiger partial charge in [-0.2, -0.15) is 0 Å². The minimum absolute atomic E-state index is 0.334. The molecule has 0 unspecified atom stereocenters. The molecule has 2 amide bonds. The predicted molar refractivity (Wildman–Crippen MR) is 107 cm³/mol. The molecule has 0 saturated heterocycles. The van der Waals surface area contributed by atoms with E-state index in [-0.39, 0.29) is 11.8 Å². The highest BCUT2D eigenvalue weighted by Crippen LogP contribution is 2.24. The van der Waals surface area contributed by atoms with Crippen LogP contribution in [0, 0.1) is 19.3 Å². The average molecular weight is 352 g/mol. The minimum Gasteiger partial charge on any atom is -0.325 e. The lowest BCUT2D eigenvalue weighted by Crippen LogP contribution is -2.41. The molecule has 4 heteroatoms. The summed E-state index contributed by atoms with van der Waals surface area (Å²) in [7, 11) is 0. The van der Waals surface area contributed by atoms with Gasteiger partial charge >= 0.3 is 0 Å². The van der Waals surface area contributed by atoms with Crippen molar-refractivity contribution in [1.29, 1.82) is 0 Å². The van der Waals surface area contributed by atoms with E-state index in [4.69, 9.17) is 0 Å². The van der Waals surface area contributed by atoms with Gasteiger partial charge in [0.1, 0.15) is 5.41 Å². The van der Waals surface area contributed by atoms with Crippen molar-refractivity contribution in [3.63, 3.8) is 0 Å². The summed E-state index contributed by atoms with van der Waals surface area (Å²) in [6, 6.07) is 13.5. The number of nitrogens with one attached hydrogen (secondary N) is 2. The molecule has 0 atom stereocenters. The molecule has 0 heterocycles. The first-order valence-corrected chi connectivity index (χ1v) is 8.91. The number of rotatable bonds is 5. The van der Waals surface area contributed by atoms with Crippen LogP contribution < -0.4 is 10.6 Å². The van der Waals surface area contributed by atoms with E-state index in [1.807, 2.05) is 56.3 Å². The number of anilines is 2. The molecule has 0 aliphatic carbocycles. The SMILES string of the molecule is Cc1cc(C)cc(NC(=O)C(C)(C)C(=O)Nc2ccc(C(C)C)cc2)c1. The Morgan fingerprint density at radius 3 is 1.73 bits per heavy atom. The van der Waals surface area contributed by atoms with Crippen molar-refractivity contribution in [2.75, 3.05) is 10.6 Å². The molecule has 0 saturated carbocycles. The lowest BCUT2D eigenvalue weighted by molar-refractivity contribution is -0.135. The molecule has 2 N–H and O–H groups in total. The maximum Gasteiger partial charge on any atom is 0.239 e. The standard InChI is InChI=1S/C22H28N2O2/c1-14(2)17-7-9-18(10-8-17)23-20(25)22(5,6)21(26)24-19-12-15(3)11-16(4)13-19/h7-14H,1-6H3,(H,23,25)(H,24,26). The Morgan fingerprint density at radius 1 is 0.808 bits per heavy atom. The number of amides is 2. The van der Waals surface area contributed by atoms with Crippen LogP contribution in [0.3, 0.4) is 0 Å². The number of carbonyl (C=O) groups excluding carboxylic acids is 2. The predicted octanol–water partition coefficient (Wildman–Crippen LogP) is 5.03. The molecule has 2 aromatic carbocycles. The van der Waals surface area contributed by atoms with E-state index < -0.39 is 5.41 Å². The Bertz CT molecular complexity index is 785. The summed E-state index contributed by atoms with van der Waals surface area (Å²) in [5.41, 5.74) is 3.52. The molecular weight excluding hydrogens is 324 g/mol. The van der Waals surface area contributed by atoms with Gasteiger partial charge in [-0.1, -0.05) is 32.0 Å². The third-order valence-electron chi connectivity index (χ3n) is 4.45. The van der Waals surface area contributed by atoms with Crippen molar-refractivity contribution in [2.24, 2.45) is 5.41 Å². The second kappa shape index (κ2) is 7.73. The molecule has 0 aliphatic heterocycles. The van der Waals surface area contributed by atoms with Crippen molar-refractivity contribution in [3.8, 4) is 0 Å². The van der Waals surface area contributed by atoms with Gasteiger partial charge in [-0.3, -0.25) is 9.59 Å². The van der Waals surface area contributed by atoms with Crippen LogP contribution in [0.1, 0.15) is 50.3 Å². The van der Waals surface area contributed by atoms with Crippen molar-refractivity contribution >= 4 is 23.2 Å². The Morgan fingerprint density at radius 2 is 1.27 bits per heavy atom. The van der Waals surface area contributed by atoms with Crippen LogP contribution >= 0.6 is 0 Å². The fourth-order valence-corrected chi connectivity index (χ4v) is 2.68. The number of hydrogen-bond donors (Lipinski definition) is 2. The highest BCUT2D eigenvalue weighted by atomic mass is 16.2. The largest absolute Gasteiger partial charge is 0.325 e. The first-order valence-electron chi connectivity index (χ1n) is 8.91. The number of aryl methyl sites for hydroxylation is 2. The third-order valence-corrected chi connectivity index (χ3v) is 4.45. The Hall–Kier alpha value is -2.62. The molecule has 0 fully saturated rings. The highest BCUT2D eigenvalue weighted by Gasteiger charge is 2.36. The lowest BCUT2D eigenvalue weighted by Gasteiger charge is -2.23. The first kappa shape index (κ1) is 19.7. The van der Waals surface area contributed by atoms with Crippen LogP contribution in [-0.2, 0) is 9.59 Å². The Kier molecular flexibility index (Phi) is 5.86. The topological polar surface area (TPSA) is 58.2 Å². The number of carbonyl (C=O) groups is 2. The summed E-state index contributed by atoms with van der Waals surface area (Å²) in [4.78, 5) is 25.3. The van der Waals surface area contributed by atoms with E-state index in [0.717, 1.165) is 11.1 Å². The summed E-state index contributed by atoms with van der Waals surface area (Å²) < 4.78 is 0. The van der Waals surface area contributed by atoms with Gasteiger partial charge in [-0.25, -0.2) is 0 Å². The van der Waals surface area contributed by atoms with Crippen LogP contribution in [0.15, 0.2) is 42.5 Å². The molecule has 2 rings (SSSR count). The van der Waals surface area contributed by atoms with Gasteiger partial charge in [-0.05, 0) is 74.6 Å². The molecule has 2 aromatic rings. The van der Waals surface area contributed by atoms with Crippen LogP contribution in [0.5, 0.6) is 0 Å². The van der Waals surface area contributed by atoms with Crippen LogP contribution in [-0.4, -0.2) is 11.8 Å².